The van der Waals surface area contributed by atoms with Gasteiger partial charge in [-0.25, -0.2) is 8.42 Å². The van der Waals surface area contributed by atoms with Crippen molar-refractivity contribution >= 4 is 58.0 Å². The summed E-state index contributed by atoms with van der Waals surface area (Å²) in [6.07, 6.45) is 30.7. The predicted octanol–water partition coefficient (Wildman–Crippen LogP) is 13.2. The Labute approximate surface area is 408 Å². The van der Waals surface area contributed by atoms with Gasteiger partial charge in [-0.15, -0.1) is 0 Å². The Morgan fingerprint density at radius 3 is 1.21 bits per heavy atom. The maximum absolute atomic E-state index is 11.6. The number of benzene rings is 4. The van der Waals surface area contributed by atoms with E-state index >= 15 is 0 Å². The second-order valence-electron chi connectivity index (χ2n) is 16.2. The summed E-state index contributed by atoms with van der Waals surface area (Å²) in [6.45, 7) is 4.50. The number of hydrogen-bond acceptors (Lipinski definition) is 9. The first-order chi connectivity index (χ1) is 29.8. The first kappa shape index (κ1) is 56.3. The molecule has 0 aliphatic heterocycles. The molecule has 0 amide bonds. The van der Waals surface area contributed by atoms with E-state index < -0.39 is 41.5 Å². The monoisotopic (exact) mass is 934 g/mol. The number of phenols is 1. The molecule has 0 aliphatic carbocycles. The first-order valence-electron chi connectivity index (χ1n) is 22.9. The topological polar surface area (TPSA) is 173 Å². The SMILES string of the molecule is CCCCCCCCCCCCCc1cccc(Oc2ccc(O)c(S(=O)(=O)O)c2)c1.CCCCCCCCCCCCCc1cccc(Oc2ccc([O-])c(S(=O)(=O)[O-])c2)c1.[Ca+2]. The van der Waals surface area contributed by atoms with Gasteiger partial charge in [-0.2, -0.15) is 8.42 Å². The van der Waals surface area contributed by atoms with E-state index in [-0.39, 0.29) is 49.2 Å². The number of unbranched alkanes of at least 4 members (excludes halogenated alkanes) is 20. The Morgan fingerprint density at radius 1 is 0.476 bits per heavy atom. The second kappa shape index (κ2) is 31.9. The van der Waals surface area contributed by atoms with Crippen molar-refractivity contribution in [3.63, 3.8) is 0 Å². The molecule has 0 bridgehead atoms. The van der Waals surface area contributed by atoms with Crippen molar-refractivity contribution in [3.8, 4) is 34.5 Å². The van der Waals surface area contributed by atoms with Crippen LogP contribution in [0.15, 0.2) is 94.7 Å². The van der Waals surface area contributed by atoms with E-state index in [2.05, 4.69) is 19.9 Å². The van der Waals surface area contributed by atoms with E-state index in [1.54, 1.807) is 12.1 Å². The van der Waals surface area contributed by atoms with Crippen LogP contribution in [0.1, 0.15) is 166 Å². The van der Waals surface area contributed by atoms with Crippen LogP contribution < -0.4 is 14.6 Å². The number of aromatic hydroxyl groups is 1. The zero-order valence-corrected chi connectivity index (χ0v) is 41.6. The molecule has 0 saturated heterocycles. The molecule has 13 heteroatoms. The third-order valence-corrected chi connectivity index (χ3v) is 12.5. The molecule has 63 heavy (non-hydrogen) atoms. The third kappa shape index (κ3) is 24.3. The Balaban J connectivity index is 0.000000427. The molecule has 0 unspecified atom stereocenters. The number of rotatable bonds is 30. The van der Waals surface area contributed by atoms with Crippen LogP contribution in [-0.2, 0) is 33.1 Å². The normalized spacial score (nSPS) is 11.4. The molecule has 2 N–H and O–H groups in total. The summed E-state index contributed by atoms with van der Waals surface area (Å²) < 4.78 is 76.8. The molecule has 0 saturated carbocycles. The van der Waals surface area contributed by atoms with E-state index in [0.29, 0.717) is 11.5 Å². The molecule has 0 aliphatic rings. The van der Waals surface area contributed by atoms with E-state index in [1.807, 2.05) is 30.3 Å². The summed E-state index contributed by atoms with van der Waals surface area (Å²) in [7, 11) is -9.34. The Kier molecular flexibility index (Phi) is 28.5. The van der Waals surface area contributed by atoms with Gasteiger partial charge in [0.15, 0.2) is 0 Å². The quantitative estimate of drug-likeness (QED) is 0.0291. The minimum Gasteiger partial charge on any atom is -0.872 e. The van der Waals surface area contributed by atoms with Gasteiger partial charge in [-0.1, -0.05) is 178 Å². The van der Waals surface area contributed by atoms with Crippen LogP contribution in [0.4, 0.5) is 0 Å². The Morgan fingerprint density at radius 2 is 0.825 bits per heavy atom. The summed E-state index contributed by atoms with van der Waals surface area (Å²) in [5.41, 5.74) is 2.31. The molecular weight excluding hydrogens is 865 g/mol. The van der Waals surface area contributed by atoms with Crippen LogP contribution in [-0.4, -0.2) is 68.8 Å². The smallest absolute Gasteiger partial charge is 0.872 e. The van der Waals surface area contributed by atoms with Crippen molar-refractivity contribution in [3.05, 3.63) is 96.1 Å². The molecule has 10 nitrogen and oxygen atoms in total. The molecule has 0 heterocycles. The van der Waals surface area contributed by atoms with Crippen molar-refractivity contribution in [1.82, 2.24) is 0 Å². The van der Waals surface area contributed by atoms with Crippen LogP contribution in [0, 0.1) is 0 Å². The average Bonchev–Trinajstić information content (AvgIpc) is 3.23. The van der Waals surface area contributed by atoms with E-state index in [1.165, 1.54) is 152 Å². The number of hydrogen-bond donors (Lipinski definition) is 2. The van der Waals surface area contributed by atoms with Crippen molar-refractivity contribution in [2.24, 2.45) is 0 Å². The van der Waals surface area contributed by atoms with Crippen LogP contribution >= 0.6 is 0 Å². The van der Waals surface area contributed by atoms with Gasteiger partial charge in [0.05, 0.1) is 4.90 Å². The molecule has 0 spiro atoms. The maximum Gasteiger partial charge on any atom is 2.00 e. The zero-order chi connectivity index (χ0) is 45.1. The number of aryl methyl sites for hydroxylation is 2. The molecule has 0 atom stereocenters. The van der Waals surface area contributed by atoms with E-state index in [0.717, 1.165) is 49.4 Å². The fourth-order valence-corrected chi connectivity index (χ4v) is 8.47. The molecule has 344 valence electrons. The summed E-state index contributed by atoms with van der Waals surface area (Å²) >= 11 is 0. The van der Waals surface area contributed by atoms with Gasteiger partial charge in [0.25, 0.3) is 10.1 Å². The van der Waals surface area contributed by atoms with Gasteiger partial charge >= 0.3 is 37.7 Å². The van der Waals surface area contributed by atoms with Crippen LogP contribution in [0.3, 0.4) is 0 Å². The summed E-state index contributed by atoms with van der Waals surface area (Å²) in [4.78, 5) is -1.36. The Bertz CT molecular complexity index is 1940. The molecule has 4 aromatic carbocycles. The standard InChI is InChI=1S/2C25H36O5S.Ca/c2*1-2-3-4-5-6-7-8-9-10-11-12-14-21-15-13-16-22(19-21)30-23-17-18-24(26)25(20-23)31(27,28)29;/h2*13,15-20,26H,2-12,14H2,1H3,(H,27,28,29);/q;;+2/p-2. The second-order valence-corrected chi connectivity index (χ2v) is 19.0. The van der Waals surface area contributed by atoms with E-state index in [4.69, 9.17) is 9.47 Å². The third-order valence-electron chi connectivity index (χ3n) is 10.8. The minimum absolute atomic E-state index is 0. The fraction of sp³-hybridized carbons (Fsp3) is 0.520. The maximum atomic E-state index is 11.6. The van der Waals surface area contributed by atoms with Gasteiger partial charge in [-0.05, 0) is 85.3 Å². The predicted molar refractivity (Wildman–Crippen MR) is 251 cm³/mol. The van der Waals surface area contributed by atoms with Crippen LogP contribution in [0.5, 0.6) is 34.5 Å². The zero-order valence-electron chi connectivity index (χ0n) is 37.7. The molecular formula is C50H70CaO10S2. The van der Waals surface area contributed by atoms with Crippen molar-refractivity contribution < 1.29 is 45.6 Å². The van der Waals surface area contributed by atoms with Crippen LogP contribution in [0.25, 0.3) is 0 Å². The Hall–Kier alpha value is -2.84. The van der Waals surface area contributed by atoms with Crippen molar-refractivity contribution in [2.45, 2.75) is 178 Å². The first-order valence-corrected chi connectivity index (χ1v) is 25.8. The molecule has 0 fully saturated rings. The fourth-order valence-electron chi connectivity index (χ4n) is 7.30. The molecule has 4 aromatic rings. The van der Waals surface area contributed by atoms with Gasteiger partial charge in [-0.3, -0.25) is 4.55 Å². The minimum atomic E-state index is -4.83. The van der Waals surface area contributed by atoms with Gasteiger partial charge in [0.1, 0.15) is 43.8 Å². The van der Waals surface area contributed by atoms with E-state index in [9.17, 15) is 36.2 Å². The molecule has 0 aromatic heterocycles. The number of phenolic OH excluding ortho intramolecular Hbond substituents is 1. The molecule has 0 radical (unpaired) electrons. The average molecular weight is 935 g/mol. The van der Waals surface area contributed by atoms with Crippen molar-refractivity contribution in [2.75, 3.05) is 0 Å². The van der Waals surface area contributed by atoms with Gasteiger partial charge in [0, 0.05) is 6.07 Å². The number of ether oxygens (including phenoxy) is 2. The van der Waals surface area contributed by atoms with Crippen LogP contribution in [0.2, 0.25) is 0 Å². The summed E-state index contributed by atoms with van der Waals surface area (Å²) in [5, 5.41) is 21.2. The molecule has 4 rings (SSSR count). The van der Waals surface area contributed by atoms with Gasteiger partial charge < -0.3 is 24.2 Å². The summed E-state index contributed by atoms with van der Waals surface area (Å²) in [6, 6.07) is 22.5. The van der Waals surface area contributed by atoms with Crippen molar-refractivity contribution in [1.29, 1.82) is 0 Å². The largest absolute Gasteiger partial charge is 2.00 e. The summed E-state index contributed by atoms with van der Waals surface area (Å²) in [5.74, 6) is 0.187. The van der Waals surface area contributed by atoms with Gasteiger partial charge in [0.2, 0.25) is 0 Å².